The van der Waals surface area contributed by atoms with Crippen LogP contribution in [0.2, 0.25) is 5.02 Å². The molecule has 3 aromatic rings. The van der Waals surface area contributed by atoms with E-state index >= 15 is 0 Å². The summed E-state index contributed by atoms with van der Waals surface area (Å²) in [7, 11) is 1.68. The molecule has 8 nitrogen and oxygen atoms in total. The Morgan fingerprint density at radius 3 is 2.47 bits per heavy atom. The van der Waals surface area contributed by atoms with Gasteiger partial charge in [0, 0.05) is 61.5 Å². The number of carbonyl (C=O) groups excluding carboxylic acids is 3. The molecule has 0 bridgehead atoms. The van der Waals surface area contributed by atoms with Crippen LogP contribution in [0, 0.1) is 5.92 Å². The van der Waals surface area contributed by atoms with Gasteiger partial charge in [0.2, 0.25) is 12.3 Å². The molecule has 1 aliphatic heterocycles. The molecule has 0 aliphatic carbocycles. The van der Waals surface area contributed by atoms with Crippen LogP contribution < -0.4 is 15.5 Å². The van der Waals surface area contributed by atoms with Crippen LogP contribution in [0.1, 0.15) is 54.1 Å². The van der Waals surface area contributed by atoms with E-state index in [4.69, 9.17) is 11.6 Å². The van der Waals surface area contributed by atoms with Crippen LogP contribution in [-0.4, -0.2) is 60.8 Å². The van der Waals surface area contributed by atoms with E-state index in [2.05, 4.69) is 15.6 Å². The fourth-order valence-electron chi connectivity index (χ4n) is 5.35. The van der Waals surface area contributed by atoms with Crippen molar-refractivity contribution >= 4 is 35.6 Å². The van der Waals surface area contributed by atoms with Crippen molar-refractivity contribution in [3.05, 3.63) is 82.5 Å². The highest BCUT2D eigenvalue weighted by molar-refractivity contribution is 6.30. The van der Waals surface area contributed by atoms with Gasteiger partial charge in [0.05, 0.1) is 5.56 Å². The van der Waals surface area contributed by atoms with Gasteiger partial charge in [-0.25, -0.2) is 4.98 Å². The van der Waals surface area contributed by atoms with E-state index in [0.717, 1.165) is 31.0 Å². The molecule has 240 valence electrons. The minimum atomic E-state index is -4.54. The first-order valence-electron chi connectivity index (χ1n) is 14.8. The highest BCUT2D eigenvalue weighted by Crippen LogP contribution is 2.39. The topological polar surface area (TPSA) is 94.6 Å². The predicted molar refractivity (Wildman–Crippen MR) is 168 cm³/mol. The molecule has 2 heterocycles. The molecule has 1 aromatic heterocycles. The van der Waals surface area contributed by atoms with Crippen molar-refractivity contribution in [3.63, 3.8) is 0 Å². The first-order chi connectivity index (χ1) is 21.5. The molecule has 0 spiro atoms. The lowest BCUT2D eigenvalue weighted by molar-refractivity contribution is -0.137. The summed E-state index contributed by atoms with van der Waals surface area (Å²) < 4.78 is 42.2. The lowest BCUT2D eigenvalue weighted by Gasteiger charge is -2.34. The number of alkyl halides is 3. The Morgan fingerprint density at radius 2 is 1.82 bits per heavy atom. The van der Waals surface area contributed by atoms with Crippen molar-refractivity contribution < 1.29 is 27.6 Å². The molecule has 12 heteroatoms. The number of anilines is 1. The second kappa shape index (κ2) is 15.4. The van der Waals surface area contributed by atoms with Gasteiger partial charge in [-0.15, -0.1) is 0 Å². The lowest BCUT2D eigenvalue weighted by Crippen LogP contribution is -2.38. The van der Waals surface area contributed by atoms with Crippen LogP contribution in [0.4, 0.5) is 19.0 Å². The second-order valence-electron chi connectivity index (χ2n) is 11.4. The number of nitrogens with zero attached hydrogens (tertiary/aromatic N) is 3. The van der Waals surface area contributed by atoms with Crippen LogP contribution in [0.5, 0.6) is 0 Å². The Labute approximate surface area is 266 Å². The van der Waals surface area contributed by atoms with Crippen molar-refractivity contribution in [1.82, 2.24) is 20.5 Å². The van der Waals surface area contributed by atoms with E-state index in [0.29, 0.717) is 60.1 Å². The summed E-state index contributed by atoms with van der Waals surface area (Å²) in [4.78, 5) is 42.3. The highest BCUT2D eigenvalue weighted by atomic mass is 35.5. The molecule has 0 saturated carbocycles. The Bertz CT molecular complexity index is 1480. The average molecular weight is 644 g/mol. The summed E-state index contributed by atoms with van der Waals surface area (Å²) in [5.74, 6) is -0.275. The number of pyridine rings is 1. The number of hydrogen-bond donors (Lipinski definition) is 2. The summed E-state index contributed by atoms with van der Waals surface area (Å²) in [6.45, 7) is 4.11. The van der Waals surface area contributed by atoms with Crippen LogP contribution in [0.3, 0.4) is 0 Å². The fraction of sp³-hybridized carbons (Fsp3) is 0.394. The maximum absolute atomic E-state index is 14.1. The number of halogens is 4. The summed E-state index contributed by atoms with van der Waals surface area (Å²) in [5, 5.41) is 5.97. The zero-order valence-electron chi connectivity index (χ0n) is 25.2. The maximum atomic E-state index is 14.1. The molecule has 2 N–H and O–H groups in total. The maximum Gasteiger partial charge on any atom is 0.419 e. The molecule has 0 radical (unpaired) electrons. The molecule has 1 fully saturated rings. The summed E-state index contributed by atoms with van der Waals surface area (Å²) in [6, 6.07) is 15.0. The number of benzene rings is 2. The summed E-state index contributed by atoms with van der Waals surface area (Å²) in [5.41, 5.74) is 1.73. The van der Waals surface area contributed by atoms with Crippen molar-refractivity contribution in [2.75, 3.05) is 31.6 Å². The van der Waals surface area contributed by atoms with E-state index in [1.165, 1.54) is 6.20 Å². The number of imide groups is 1. The Hall–Kier alpha value is -3.96. The molecular weight excluding hydrogens is 607 g/mol. The van der Waals surface area contributed by atoms with Crippen LogP contribution >= 0.6 is 11.6 Å². The standard InChI is InChI=1S/C33H37ClF3N5O3/c1-22(6-11-30(44)40-21-43)41(2)32(45)25-9-7-23(8-10-25)18-38-19-24-12-14-42(15-13-24)31-29(33(35,36)37)17-27(20-39-31)26-4-3-5-28(34)16-26/h3-5,7-10,16-17,20-22,24,38H,6,11-15,18-19H2,1-2H3,(H,40,43,44). The third-order valence-electron chi connectivity index (χ3n) is 8.20. The van der Waals surface area contributed by atoms with Gasteiger partial charge < -0.3 is 15.1 Å². The zero-order valence-corrected chi connectivity index (χ0v) is 26.0. The number of aromatic nitrogens is 1. The third kappa shape index (κ3) is 9.27. The average Bonchev–Trinajstić information content (AvgIpc) is 3.03. The molecular formula is C33H37ClF3N5O3. The number of amides is 3. The Kier molecular flexibility index (Phi) is 11.6. The molecule has 4 rings (SSSR count). The van der Waals surface area contributed by atoms with Gasteiger partial charge in [-0.3, -0.25) is 19.7 Å². The highest BCUT2D eigenvalue weighted by Gasteiger charge is 2.37. The Morgan fingerprint density at radius 1 is 1.11 bits per heavy atom. The summed E-state index contributed by atoms with van der Waals surface area (Å²) in [6.07, 6.45) is -0.686. The van der Waals surface area contributed by atoms with Crippen molar-refractivity contribution in [2.45, 2.75) is 51.4 Å². The SMILES string of the molecule is CC(CCC(=O)NC=O)N(C)C(=O)c1ccc(CNCC2CCN(c3ncc(-c4cccc(Cl)c4)cc3C(F)(F)F)CC2)cc1. The number of hydrogen-bond acceptors (Lipinski definition) is 6. The molecule has 1 aliphatic rings. The van der Waals surface area contributed by atoms with Crippen molar-refractivity contribution in [1.29, 1.82) is 0 Å². The van der Waals surface area contributed by atoms with E-state index in [9.17, 15) is 27.6 Å². The second-order valence-corrected chi connectivity index (χ2v) is 11.8. The van der Waals surface area contributed by atoms with E-state index in [1.54, 1.807) is 53.2 Å². The predicted octanol–water partition coefficient (Wildman–Crippen LogP) is 5.94. The molecule has 1 saturated heterocycles. The van der Waals surface area contributed by atoms with Gasteiger partial charge >= 0.3 is 6.18 Å². The third-order valence-corrected chi connectivity index (χ3v) is 8.43. The normalized spacial score (nSPS) is 14.6. The first-order valence-corrected chi connectivity index (χ1v) is 15.2. The Balaban J connectivity index is 1.26. The number of nitrogens with one attached hydrogen (secondary N) is 2. The van der Waals surface area contributed by atoms with Gasteiger partial charge in [-0.2, -0.15) is 13.2 Å². The van der Waals surface area contributed by atoms with Crippen molar-refractivity contribution in [2.24, 2.45) is 5.92 Å². The van der Waals surface area contributed by atoms with Crippen LogP contribution in [0.15, 0.2) is 60.8 Å². The minimum Gasteiger partial charge on any atom is -0.356 e. The largest absolute Gasteiger partial charge is 0.419 e. The minimum absolute atomic E-state index is 0.0437. The molecule has 2 aromatic carbocycles. The van der Waals surface area contributed by atoms with Crippen LogP contribution in [-0.2, 0) is 22.3 Å². The smallest absolute Gasteiger partial charge is 0.356 e. The fourth-order valence-corrected chi connectivity index (χ4v) is 5.54. The van der Waals surface area contributed by atoms with E-state index in [-0.39, 0.29) is 30.1 Å². The van der Waals surface area contributed by atoms with Gasteiger partial charge in [0.1, 0.15) is 5.82 Å². The summed E-state index contributed by atoms with van der Waals surface area (Å²) >= 11 is 6.04. The quantitative estimate of drug-likeness (QED) is 0.237. The van der Waals surface area contributed by atoms with Gasteiger partial charge in [-0.1, -0.05) is 35.9 Å². The molecule has 45 heavy (non-hydrogen) atoms. The van der Waals surface area contributed by atoms with E-state index in [1.807, 2.05) is 19.1 Å². The molecule has 3 amide bonds. The zero-order chi connectivity index (χ0) is 32.6. The lowest BCUT2D eigenvalue weighted by atomic mass is 9.96. The van der Waals surface area contributed by atoms with E-state index < -0.39 is 11.7 Å². The monoisotopic (exact) mass is 643 g/mol. The van der Waals surface area contributed by atoms with Gasteiger partial charge in [0.15, 0.2) is 0 Å². The van der Waals surface area contributed by atoms with Gasteiger partial charge in [-0.05, 0) is 80.1 Å². The van der Waals surface area contributed by atoms with Gasteiger partial charge in [0.25, 0.3) is 5.91 Å². The number of carbonyl (C=O) groups is 3. The van der Waals surface area contributed by atoms with Crippen LogP contribution in [0.25, 0.3) is 11.1 Å². The molecule has 1 unspecified atom stereocenters. The number of piperidine rings is 1. The number of rotatable bonds is 12. The van der Waals surface area contributed by atoms with Crippen molar-refractivity contribution in [3.8, 4) is 11.1 Å². The first kappa shape index (κ1) is 33.9. The molecule has 1 atom stereocenters.